The number of rotatable bonds is 6. The van der Waals surface area contributed by atoms with Crippen LogP contribution >= 0.6 is 22.7 Å². The monoisotopic (exact) mass is 1220 g/mol. The minimum absolute atomic E-state index is 0.193. The van der Waals surface area contributed by atoms with Gasteiger partial charge in [-0.05, 0) is 141 Å². The summed E-state index contributed by atoms with van der Waals surface area (Å²) in [5.41, 5.74) is 10.3. The van der Waals surface area contributed by atoms with Crippen molar-refractivity contribution in [2.45, 2.75) is 0 Å². The molecule has 0 aliphatic carbocycles. The largest absolute Gasteiger partial charge is 0.456 e. The summed E-state index contributed by atoms with van der Waals surface area (Å²) in [5, 5.41) is 9.76. The SMILES string of the molecule is [2H]c1c([2H])c([2H])c2c(-c3ccc4c(c3)sc3ccccc34)c3c([2H])c([2H])c([2H])c([2H])c3c(-c3ccc(-c4ccc5c(c4)oc4ccccc45)cc3)c2c1[2H].[2H]c1c([2H])c([2H])c2c(-c3cccc4c3sc3ccccc34)c3c([2H])c([2H])c([2H])c([2H])c3c(-c3ccc(-c4cccc5c4oc4ccccc45)cc3)c2c1[2H]. The average Bonchev–Trinajstić information content (AvgIpc) is 0.774. The molecule has 0 amide bonds. The van der Waals surface area contributed by atoms with Crippen LogP contribution in [0.15, 0.2) is 324 Å². The molecule has 20 aromatic rings. The Hall–Kier alpha value is -11.4. The maximum atomic E-state index is 9.37. The van der Waals surface area contributed by atoms with Gasteiger partial charge in [0.25, 0.3) is 0 Å². The molecule has 20 rings (SSSR count). The predicted molar refractivity (Wildman–Crippen MR) is 396 cm³/mol. The van der Waals surface area contributed by atoms with E-state index in [1.165, 1.54) is 0 Å². The molecule has 0 bridgehead atoms. The molecule has 0 saturated carbocycles. The van der Waals surface area contributed by atoms with Crippen LogP contribution in [0.1, 0.15) is 21.9 Å². The molecule has 0 N–H and O–H groups in total. The molecule has 0 spiro atoms. The minimum Gasteiger partial charge on any atom is -0.456 e. The van der Waals surface area contributed by atoms with Gasteiger partial charge >= 0.3 is 0 Å². The van der Waals surface area contributed by atoms with Gasteiger partial charge in [-0.25, -0.2) is 0 Å². The summed E-state index contributed by atoms with van der Waals surface area (Å²) in [6.45, 7) is 0. The third kappa shape index (κ3) is 8.31. The zero-order valence-electron chi connectivity index (χ0n) is 64.4. The third-order valence-electron chi connectivity index (χ3n) is 17.9. The second kappa shape index (κ2) is 21.1. The normalized spacial score (nSPS) is 14.3. The Morgan fingerprint density at radius 1 is 0.228 bits per heavy atom. The van der Waals surface area contributed by atoms with Gasteiger partial charge in [0.15, 0.2) is 0 Å². The molecule has 0 aliphatic heterocycles. The van der Waals surface area contributed by atoms with Crippen molar-refractivity contribution < 1.29 is 30.8 Å². The number of furan rings is 2. The van der Waals surface area contributed by atoms with Crippen molar-refractivity contribution in [3.63, 3.8) is 0 Å². The molecule has 0 fully saturated rings. The van der Waals surface area contributed by atoms with Crippen molar-refractivity contribution in [2.24, 2.45) is 0 Å². The topological polar surface area (TPSA) is 26.3 Å². The van der Waals surface area contributed by atoms with Crippen molar-refractivity contribution >= 4 is 150 Å². The van der Waals surface area contributed by atoms with Gasteiger partial charge in [0.2, 0.25) is 0 Å². The highest BCUT2D eigenvalue weighted by Crippen LogP contribution is 2.50. The number of fused-ring (bicyclic) bond motifs is 16. The molecule has 4 aromatic heterocycles. The fourth-order valence-corrected chi connectivity index (χ4v) is 16.1. The first kappa shape index (κ1) is 38.9. The third-order valence-corrected chi connectivity index (χ3v) is 20.2. The van der Waals surface area contributed by atoms with Gasteiger partial charge in [0.1, 0.15) is 22.3 Å². The average molecular weight is 1220 g/mol. The fraction of sp³-hybridized carbons (Fsp3) is 0. The van der Waals surface area contributed by atoms with Crippen LogP contribution in [0, 0.1) is 0 Å². The first-order valence-electron chi connectivity index (χ1n) is 38.0. The highest BCUT2D eigenvalue weighted by Gasteiger charge is 2.22. The van der Waals surface area contributed by atoms with Crippen LogP contribution < -0.4 is 0 Å². The van der Waals surface area contributed by atoms with E-state index in [2.05, 4.69) is 12.1 Å². The Bertz CT molecular complexity index is 7220. The van der Waals surface area contributed by atoms with E-state index in [1.807, 2.05) is 206 Å². The van der Waals surface area contributed by atoms with E-state index in [0.717, 1.165) is 106 Å². The number of thiophene rings is 2. The summed E-state index contributed by atoms with van der Waals surface area (Å²) >= 11 is 3.15. The number of para-hydroxylation sites is 3. The van der Waals surface area contributed by atoms with E-state index in [-0.39, 0.29) is 91.4 Å². The van der Waals surface area contributed by atoms with Crippen LogP contribution in [0.2, 0.25) is 0 Å². The van der Waals surface area contributed by atoms with Gasteiger partial charge in [-0.2, -0.15) is 0 Å². The van der Waals surface area contributed by atoms with Crippen LogP contribution in [-0.4, -0.2) is 0 Å². The smallest absolute Gasteiger partial charge is 0.143 e. The Balaban J connectivity index is 0.000000147. The quantitative estimate of drug-likeness (QED) is 0.155. The van der Waals surface area contributed by atoms with Gasteiger partial charge in [0, 0.05) is 73.0 Å². The summed E-state index contributed by atoms with van der Waals surface area (Å²) in [6, 6.07) is 65.0. The Kier molecular flexibility index (Phi) is 8.93. The molecular formula is C88H52O2S2. The Morgan fingerprint density at radius 2 is 0.620 bits per heavy atom. The standard InChI is InChI=1S/2C44H26OS/c1-3-15-34-32(13-1)41(28-25-23-27(24-26-28)29-17-9-18-36-30-11-5-7-21-39(30)45-43(29)36)33-14-2-4-16-35(33)42(34)38-20-10-19-37-31-12-6-8-22-40(31)46-44(37)38;1-3-13-37-35(11-1)43(28-19-17-27(18-20-28)29-21-23-32-31-9-5-7-15-39(31)45-40(32)25-29)36-12-2-4-14-38(36)44(37)30-22-24-34-33-10-6-8-16-41(33)46-42(34)26-30/h2*1-26H/i1D,2D,3D,4D,13D,14D,15D,16D;1D,2D,3D,4D,11D,12D,13D,14D. The molecule has 4 heterocycles. The van der Waals surface area contributed by atoms with E-state index < -0.39 is 48.3 Å². The van der Waals surface area contributed by atoms with E-state index in [9.17, 15) is 11.0 Å². The molecule has 0 radical (unpaired) electrons. The fourth-order valence-electron chi connectivity index (χ4n) is 13.7. The first-order chi connectivity index (χ1) is 52.3. The van der Waals surface area contributed by atoms with Crippen molar-refractivity contribution in [2.75, 3.05) is 0 Å². The van der Waals surface area contributed by atoms with Crippen LogP contribution in [0.3, 0.4) is 0 Å². The zero-order chi connectivity index (χ0) is 74.3. The van der Waals surface area contributed by atoms with Crippen molar-refractivity contribution in [1.29, 1.82) is 0 Å². The molecule has 0 unspecified atom stereocenters. The lowest BCUT2D eigenvalue weighted by atomic mass is 9.85. The Morgan fingerprint density at radius 3 is 1.22 bits per heavy atom. The predicted octanol–water partition coefficient (Wildman–Crippen LogP) is 26.5. The molecule has 0 aliphatic rings. The van der Waals surface area contributed by atoms with E-state index >= 15 is 0 Å². The van der Waals surface area contributed by atoms with Crippen LogP contribution in [0.25, 0.3) is 194 Å². The lowest BCUT2D eigenvalue weighted by molar-refractivity contribution is 0.669. The van der Waals surface area contributed by atoms with E-state index in [1.54, 1.807) is 22.7 Å². The summed E-state index contributed by atoms with van der Waals surface area (Å²) in [6.07, 6.45) is 0. The minimum atomic E-state index is -0.423. The van der Waals surface area contributed by atoms with E-state index in [4.69, 9.17) is 19.8 Å². The van der Waals surface area contributed by atoms with Crippen LogP contribution in [-0.2, 0) is 0 Å². The van der Waals surface area contributed by atoms with Crippen LogP contribution in [0.5, 0.6) is 0 Å². The van der Waals surface area contributed by atoms with Crippen LogP contribution in [0.4, 0.5) is 0 Å². The maximum Gasteiger partial charge on any atom is 0.143 e. The van der Waals surface area contributed by atoms with Gasteiger partial charge in [-0.15, -0.1) is 22.7 Å². The summed E-state index contributed by atoms with van der Waals surface area (Å²) in [5.74, 6) is 0. The van der Waals surface area contributed by atoms with Gasteiger partial charge in [-0.1, -0.05) is 273 Å². The number of hydrogen-bond donors (Lipinski definition) is 0. The number of hydrogen-bond acceptors (Lipinski definition) is 4. The maximum absolute atomic E-state index is 9.37. The second-order valence-electron chi connectivity index (χ2n) is 22.8. The molecular weight excluding hydrogens is 1150 g/mol. The molecule has 2 nitrogen and oxygen atoms in total. The summed E-state index contributed by atoms with van der Waals surface area (Å²) < 4.78 is 161. The molecule has 4 heteroatoms. The zero-order valence-corrected chi connectivity index (χ0v) is 50.1. The second-order valence-corrected chi connectivity index (χ2v) is 25.0. The molecule has 428 valence electrons. The lowest BCUT2D eigenvalue weighted by Gasteiger charge is -2.18. The molecule has 0 atom stereocenters. The summed E-state index contributed by atoms with van der Waals surface area (Å²) in [4.78, 5) is 0. The summed E-state index contributed by atoms with van der Waals surface area (Å²) in [7, 11) is 0. The van der Waals surface area contributed by atoms with Gasteiger partial charge < -0.3 is 8.83 Å². The lowest BCUT2D eigenvalue weighted by Crippen LogP contribution is -1.91. The Labute approximate surface area is 559 Å². The highest BCUT2D eigenvalue weighted by molar-refractivity contribution is 7.26. The highest BCUT2D eigenvalue weighted by atomic mass is 32.1. The number of benzene rings is 16. The van der Waals surface area contributed by atoms with Gasteiger partial charge in [-0.3, -0.25) is 0 Å². The van der Waals surface area contributed by atoms with Crippen molar-refractivity contribution in [3.05, 3.63) is 315 Å². The molecule has 0 saturated heterocycles. The first-order valence-corrected chi connectivity index (χ1v) is 31.7. The van der Waals surface area contributed by atoms with Crippen molar-refractivity contribution in [1.82, 2.24) is 0 Å². The van der Waals surface area contributed by atoms with E-state index in [0.29, 0.717) is 44.5 Å². The molecule has 16 aromatic carbocycles. The molecule has 92 heavy (non-hydrogen) atoms. The van der Waals surface area contributed by atoms with Crippen molar-refractivity contribution in [3.8, 4) is 66.8 Å². The van der Waals surface area contributed by atoms with Gasteiger partial charge in [0.05, 0.1) is 21.9 Å².